The molecule has 4 rings (SSSR count). The summed E-state index contributed by atoms with van der Waals surface area (Å²) in [6.45, 7) is 6.14. The lowest BCUT2D eigenvalue weighted by Gasteiger charge is -2.30. The van der Waals surface area contributed by atoms with Gasteiger partial charge in [-0.3, -0.25) is 9.52 Å². The van der Waals surface area contributed by atoms with Crippen molar-refractivity contribution in [3.05, 3.63) is 89.5 Å². The molecule has 3 N–H and O–H groups in total. The minimum Gasteiger partial charge on any atom is -0.491 e. The molecule has 1 saturated carbocycles. The van der Waals surface area contributed by atoms with Crippen LogP contribution in [-0.4, -0.2) is 69.0 Å². The molecule has 1 aliphatic rings. The number of hydrogen-bond acceptors (Lipinski definition) is 7. The fourth-order valence-electron chi connectivity index (χ4n) is 5.52. The molecule has 0 saturated heterocycles. The minimum atomic E-state index is -3.54. The summed E-state index contributed by atoms with van der Waals surface area (Å²) in [5.74, 6) is 1.35. The number of benzene rings is 3. The molecule has 0 aliphatic heterocycles. The zero-order chi connectivity index (χ0) is 31.5. The maximum Gasteiger partial charge on any atom is 0.253 e. The average molecular weight is 624 g/mol. The van der Waals surface area contributed by atoms with Gasteiger partial charge in [-0.25, -0.2) is 8.42 Å². The average Bonchev–Trinajstić information content (AvgIpc) is 3.03. The number of anilines is 1. The summed E-state index contributed by atoms with van der Waals surface area (Å²) >= 11 is 0. The van der Waals surface area contributed by atoms with Gasteiger partial charge in [0.05, 0.1) is 11.9 Å². The van der Waals surface area contributed by atoms with Crippen molar-refractivity contribution in [2.24, 2.45) is 0 Å². The van der Waals surface area contributed by atoms with Crippen LogP contribution in [0.5, 0.6) is 11.5 Å². The number of rotatable bonds is 15. The van der Waals surface area contributed by atoms with Crippen LogP contribution in [0.15, 0.2) is 72.8 Å². The highest BCUT2D eigenvalue weighted by Gasteiger charge is 2.23. The molecular formula is C34H45N3O6S. The van der Waals surface area contributed by atoms with Gasteiger partial charge in [-0.05, 0) is 80.8 Å². The number of aliphatic hydroxyl groups is 1. The van der Waals surface area contributed by atoms with Crippen LogP contribution in [0.25, 0.3) is 0 Å². The van der Waals surface area contributed by atoms with Crippen LogP contribution in [-0.2, 0) is 16.6 Å². The van der Waals surface area contributed by atoms with Gasteiger partial charge < -0.3 is 24.8 Å². The molecule has 9 nitrogen and oxygen atoms in total. The van der Waals surface area contributed by atoms with Crippen LogP contribution in [0.2, 0.25) is 0 Å². The van der Waals surface area contributed by atoms with Crippen molar-refractivity contribution in [3.63, 3.8) is 0 Å². The molecule has 0 radical (unpaired) electrons. The summed E-state index contributed by atoms with van der Waals surface area (Å²) in [5.41, 5.74) is 3.24. The fourth-order valence-corrected chi connectivity index (χ4v) is 6.07. The fraction of sp³-hybridized carbons (Fsp3) is 0.441. The number of nitrogens with zero attached hydrogens (tertiary/aromatic N) is 1. The number of nitrogens with one attached hydrogen (secondary N) is 2. The third-order valence-electron chi connectivity index (χ3n) is 7.97. The molecule has 44 heavy (non-hydrogen) atoms. The maximum atomic E-state index is 12.6. The third kappa shape index (κ3) is 9.97. The summed E-state index contributed by atoms with van der Waals surface area (Å²) in [5, 5.41) is 14.1. The smallest absolute Gasteiger partial charge is 0.253 e. The summed E-state index contributed by atoms with van der Waals surface area (Å²) < 4.78 is 38.1. The monoisotopic (exact) mass is 623 g/mol. The van der Waals surface area contributed by atoms with Gasteiger partial charge in [0.2, 0.25) is 10.0 Å². The molecule has 0 aromatic heterocycles. The van der Waals surface area contributed by atoms with Gasteiger partial charge in [-0.1, -0.05) is 42.5 Å². The molecule has 0 heterocycles. The molecule has 0 unspecified atom stereocenters. The highest BCUT2D eigenvalue weighted by atomic mass is 32.2. The number of amides is 1. The molecule has 1 fully saturated rings. The largest absolute Gasteiger partial charge is 0.491 e. The van der Waals surface area contributed by atoms with Crippen LogP contribution < -0.4 is 19.5 Å². The lowest BCUT2D eigenvalue weighted by atomic mass is 9.81. The first kappa shape index (κ1) is 33.3. The predicted octanol–water partition coefficient (Wildman–Crippen LogP) is 5.17. The molecule has 1 atom stereocenters. The SMILES string of the molecule is CCN(CC)C(=O)c1ccc(C2CCC(NC[C@H](O)COc3ccc(OCc4ccccc4)c(NS(C)(=O)=O)c3)CC2)cc1. The van der Waals surface area contributed by atoms with E-state index in [1.54, 1.807) is 18.2 Å². The number of hydrogen-bond donors (Lipinski definition) is 3. The van der Waals surface area contributed by atoms with Gasteiger partial charge in [-0.15, -0.1) is 0 Å². The second-order valence-corrected chi connectivity index (χ2v) is 13.1. The third-order valence-corrected chi connectivity index (χ3v) is 8.57. The topological polar surface area (TPSA) is 117 Å². The van der Waals surface area contributed by atoms with E-state index in [-0.39, 0.29) is 24.8 Å². The van der Waals surface area contributed by atoms with E-state index in [0.717, 1.165) is 43.1 Å². The number of ether oxygens (including phenoxy) is 2. The molecule has 1 amide bonds. The summed E-state index contributed by atoms with van der Waals surface area (Å²) in [6.07, 6.45) is 4.44. The second kappa shape index (κ2) is 15.9. The predicted molar refractivity (Wildman–Crippen MR) is 174 cm³/mol. The molecule has 0 bridgehead atoms. The molecular weight excluding hydrogens is 578 g/mol. The first-order chi connectivity index (χ1) is 21.1. The maximum absolute atomic E-state index is 12.6. The van der Waals surface area contributed by atoms with E-state index in [1.807, 2.05) is 61.2 Å². The molecule has 1 aliphatic carbocycles. The molecule has 0 spiro atoms. The standard InChI is InChI=1S/C34H45N3O6S/c1-4-37(5-2)34(39)28-13-11-26(12-14-28)27-15-17-29(18-16-27)35-22-30(38)24-42-31-19-20-33(32(21-31)36-44(3,40)41)43-23-25-9-7-6-8-10-25/h6-14,19-21,27,29-30,35-36,38H,4-5,15-18,22-24H2,1-3H3/t27?,29?,30-/m0/s1. The van der Waals surface area contributed by atoms with Crippen molar-refractivity contribution in [3.8, 4) is 11.5 Å². The Labute approximate surface area is 261 Å². The van der Waals surface area contributed by atoms with Crippen LogP contribution in [0, 0.1) is 0 Å². The molecule has 238 valence electrons. The van der Waals surface area contributed by atoms with E-state index < -0.39 is 16.1 Å². The van der Waals surface area contributed by atoms with Crippen molar-refractivity contribution in [2.45, 2.75) is 64.2 Å². The summed E-state index contributed by atoms with van der Waals surface area (Å²) in [7, 11) is -3.54. The zero-order valence-corrected chi connectivity index (χ0v) is 26.7. The van der Waals surface area contributed by atoms with Gasteiger partial charge in [0, 0.05) is 37.3 Å². The Morgan fingerprint density at radius 3 is 2.27 bits per heavy atom. The van der Waals surface area contributed by atoms with Gasteiger partial charge in [-0.2, -0.15) is 0 Å². The number of sulfonamides is 1. The number of aliphatic hydroxyl groups excluding tert-OH is 1. The normalized spacial score (nSPS) is 17.5. The van der Waals surface area contributed by atoms with Gasteiger partial charge >= 0.3 is 0 Å². The van der Waals surface area contributed by atoms with E-state index >= 15 is 0 Å². The highest BCUT2D eigenvalue weighted by Crippen LogP contribution is 2.33. The minimum absolute atomic E-state index is 0.0590. The van der Waals surface area contributed by atoms with Crippen LogP contribution >= 0.6 is 0 Å². The molecule has 10 heteroatoms. The Balaban J connectivity index is 1.22. The molecule has 3 aromatic carbocycles. The Kier molecular flexibility index (Phi) is 12.1. The van der Waals surface area contributed by atoms with Crippen molar-refractivity contribution >= 4 is 21.6 Å². The number of carbonyl (C=O) groups excluding carboxylic acids is 1. The van der Waals surface area contributed by atoms with Crippen molar-refractivity contribution < 1.29 is 27.8 Å². The Hall–Kier alpha value is -3.60. The first-order valence-electron chi connectivity index (χ1n) is 15.4. The summed E-state index contributed by atoms with van der Waals surface area (Å²) in [4.78, 5) is 14.4. The van der Waals surface area contributed by atoms with Crippen LogP contribution in [0.4, 0.5) is 5.69 Å². The quantitative estimate of drug-likeness (QED) is 0.214. The van der Waals surface area contributed by atoms with Gasteiger partial charge in [0.25, 0.3) is 5.91 Å². The Bertz CT molecular complexity index is 1440. The van der Waals surface area contributed by atoms with E-state index in [9.17, 15) is 18.3 Å². The highest BCUT2D eigenvalue weighted by molar-refractivity contribution is 7.92. The van der Waals surface area contributed by atoms with E-state index in [0.29, 0.717) is 43.1 Å². The van der Waals surface area contributed by atoms with Crippen molar-refractivity contribution in [2.75, 3.05) is 37.2 Å². The van der Waals surface area contributed by atoms with E-state index in [4.69, 9.17) is 9.47 Å². The van der Waals surface area contributed by atoms with Gasteiger partial charge in [0.1, 0.15) is 30.8 Å². The number of carbonyl (C=O) groups is 1. The van der Waals surface area contributed by atoms with Crippen LogP contribution in [0.3, 0.4) is 0 Å². The first-order valence-corrected chi connectivity index (χ1v) is 17.3. The van der Waals surface area contributed by atoms with Crippen molar-refractivity contribution in [1.29, 1.82) is 0 Å². The van der Waals surface area contributed by atoms with Gasteiger partial charge in [0.15, 0.2) is 0 Å². The summed E-state index contributed by atoms with van der Waals surface area (Å²) in [6, 6.07) is 22.9. The molecule has 3 aromatic rings. The lowest BCUT2D eigenvalue weighted by molar-refractivity contribution is 0.0773. The zero-order valence-electron chi connectivity index (χ0n) is 25.9. The van der Waals surface area contributed by atoms with E-state index in [1.165, 1.54) is 5.56 Å². The lowest BCUT2D eigenvalue weighted by Crippen LogP contribution is -2.39. The van der Waals surface area contributed by atoms with E-state index in [2.05, 4.69) is 22.2 Å². The van der Waals surface area contributed by atoms with Crippen LogP contribution in [0.1, 0.15) is 66.9 Å². The van der Waals surface area contributed by atoms with Crippen molar-refractivity contribution in [1.82, 2.24) is 10.2 Å². The Morgan fingerprint density at radius 1 is 0.955 bits per heavy atom. The second-order valence-electron chi connectivity index (χ2n) is 11.3. The Morgan fingerprint density at radius 2 is 1.64 bits per heavy atom.